The second kappa shape index (κ2) is 5.74. The van der Waals surface area contributed by atoms with E-state index in [1.165, 1.54) is 0 Å². The van der Waals surface area contributed by atoms with Gasteiger partial charge in [0.2, 0.25) is 0 Å². The zero-order chi connectivity index (χ0) is 13.0. The lowest BCUT2D eigenvalue weighted by Gasteiger charge is -2.09. The van der Waals surface area contributed by atoms with E-state index in [1.54, 1.807) is 18.9 Å². The lowest BCUT2D eigenvalue weighted by atomic mass is 10.0. The molecule has 0 amide bonds. The molecule has 3 heteroatoms. The highest BCUT2D eigenvalue weighted by molar-refractivity contribution is 7.98. The van der Waals surface area contributed by atoms with Crippen molar-refractivity contribution in [2.75, 3.05) is 13.4 Å². The third-order valence-electron chi connectivity index (χ3n) is 2.69. The summed E-state index contributed by atoms with van der Waals surface area (Å²) in [7, 11) is 1.58. The lowest BCUT2D eigenvalue weighted by molar-refractivity contribution is 0.103. The first-order chi connectivity index (χ1) is 8.76. The fourth-order valence-corrected chi connectivity index (χ4v) is 2.16. The van der Waals surface area contributed by atoms with Gasteiger partial charge >= 0.3 is 0 Å². The Labute approximate surface area is 111 Å². The summed E-state index contributed by atoms with van der Waals surface area (Å²) in [6.45, 7) is 0. The zero-order valence-electron chi connectivity index (χ0n) is 10.3. The maximum absolute atomic E-state index is 12.3. The number of rotatable bonds is 4. The quantitative estimate of drug-likeness (QED) is 0.618. The molecule has 2 rings (SSSR count). The first kappa shape index (κ1) is 12.7. The molecular weight excluding hydrogens is 244 g/mol. The summed E-state index contributed by atoms with van der Waals surface area (Å²) >= 11 is 1.62. The topological polar surface area (TPSA) is 26.3 Å². The summed E-state index contributed by atoms with van der Waals surface area (Å²) in [4.78, 5) is 13.4. The van der Waals surface area contributed by atoms with E-state index in [0.717, 1.165) is 4.90 Å². The van der Waals surface area contributed by atoms with Crippen LogP contribution in [0.1, 0.15) is 15.9 Å². The Morgan fingerprint density at radius 1 is 1.11 bits per heavy atom. The molecule has 0 aliphatic heterocycles. The van der Waals surface area contributed by atoms with Crippen molar-refractivity contribution in [1.29, 1.82) is 0 Å². The summed E-state index contributed by atoms with van der Waals surface area (Å²) in [5.74, 6) is 0.607. The minimum Gasteiger partial charge on any atom is -0.496 e. The average Bonchev–Trinajstić information content (AvgIpc) is 2.46. The van der Waals surface area contributed by atoms with Crippen molar-refractivity contribution < 1.29 is 9.53 Å². The molecule has 0 spiro atoms. The monoisotopic (exact) mass is 258 g/mol. The predicted octanol–water partition coefficient (Wildman–Crippen LogP) is 3.65. The van der Waals surface area contributed by atoms with Crippen LogP contribution in [0.2, 0.25) is 0 Å². The van der Waals surface area contributed by atoms with Gasteiger partial charge in [-0.25, -0.2) is 0 Å². The summed E-state index contributed by atoms with van der Waals surface area (Å²) in [6.07, 6.45) is 1.99. The summed E-state index contributed by atoms with van der Waals surface area (Å²) in [6, 6.07) is 14.9. The minimum absolute atomic E-state index is 0.0138. The highest BCUT2D eigenvalue weighted by Gasteiger charge is 2.14. The van der Waals surface area contributed by atoms with Crippen LogP contribution in [0, 0.1) is 0 Å². The Balaban J connectivity index is 2.42. The fraction of sp³-hybridized carbons (Fsp3) is 0.133. The van der Waals surface area contributed by atoms with Crippen molar-refractivity contribution in [2.45, 2.75) is 4.90 Å². The van der Waals surface area contributed by atoms with Gasteiger partial charge in [-0.1, -0.05) is 30.3 Å². The number of hydrogen-bond acceptors (Lipinski definition) is 3. The maximum Gasteiger partial charge on any atom is 0.196 e. The van der Waals surface area contributed by atoms with E-state index in [-0.39, 0.29) is 5.78 Å². The third kappa shape index (κ3) is 2.57. The van der Waals surface area contributed by atoms with Crippen molar-refractivity contribution in [3.8, 4) is 5.75 Å². The molecule has 0 saturated heterocycles. The van der Waals surface area contributed by atoms with E-state index in [1.807, 2.05) is 54.8 Å². The standard InChI is InChI=1S/C15H14O2S/c1-17-14-10-12(18-2)8-9-13(14)15(16)11-6-4-3-5-7-11/h3-10H,1-2H3. The van der Waals surface area contributed by atoms with Gasteiger partial charge in [0.15, 0.2) is 5.78 Å². The number of benzene rings is 2. The molecular formula is C15H14O2S. The number of hydrogen-bond donors (Lipinski definition) is 0. The van der Waals surface area contributed by atoms with Gasteiger partial charge in [-0.05, 0) is 24.5 Å². The van der Waals surface area contributed by atoms with E-state index >= 15 is 0 Å². The number of thioether (sulfide) groups is 1. The van der Waals surface area contributed by atoms with Gasteiger partial charge in [0, 0.05) is 10.5 Å². The van der Waals surface area contributed by atoms with Crippen LogP contribution >= 0.6 is 11.8 Å². The molecule has 18 heavy (non-hydrogen) atoms. The Hall–Kier alpha value is -1.74. The SMILES string of the molecule is COc1cc(SC)ccc1C(=O)c1ccccc1. The highest BCUT2D eigenvalue weighted by atomic mass is 32.2. The number of ether oxygens (including phenoxy) is 1. The first-order valence-corrected chi connectivity index (χ1v) is 6.80. The van der Waals surface area contributed by atoms with E-state index in [2.05, 4.69) is 0 Å². The third-order valence-corrected chi connectivity index (χ3v) is 3.41. The van der Waals surface area contributed by atoms with Crippen molar-refractivity contribution in [2.24, 2.45) is 0 Å². The first-order valence-electron chi connectivity index (χ1n) is 5.58. The molecule has 0 bridgehead atoms. The molecule has 0 unspecified atom stereocenters. The van der Waals surface area contributed by atoms with Crippen LogP contribution in [0.5, 0.6) is 5.75 Å². The van der Waals surface area contributed by atoms with Crippen molar-refractivity contribution in [3.05, 3.63) is 59.7 Å². The van der Waals surface area contributed by atoms with Crippen LogP contribution in [-0.4, -0.2) is 19.1 Å². The van der Waals surface area contributed by atoms with Crippen LogP contribution in [0.3, 0.4) is 0 Å². The molecule has 0 aliphatic carbocycles. The molecule has 2 nitrogen and oxygen atoms in total. The molecule has 0 fully saturated rings. The normalized spacial score (nSPS) is 10.1. The largest absolute Gasteiger partial charge is 0.496 e. The fourth-order valence-electron chi connectivity index (χ4n) is 1.73. The van der Waals surface area contributed by atoms with Gasteiger partial charge < -0.3 is 4.74 Å². The number of methoxy groups -OCH3 is 1. The Morgan fingerprint density at radius 3 is 2.44 bits per heavy atom. The summed E-state index contributed by atoms with van der Waals surface area (Å²) in [5, 5.41) is 0. The van der Waals surface area contributed by atoms with Crippen LogP contribution in [0.4, 0.5) is 0 Å². The summed E-state index contributed by atoms with van der Waals surface area (Å²) < 4.78 is 5.30. The van der Waals surface area contributed by atoms with Gasteiger partial charge in [-0.2, -0.15) is 0 Å². The van der Waals surface area contributed by atoms with E-state index in [9.17, 15) is 4.79 Å². The highest BCUT2D eigenvalue weighted by Crippen LogP contribution is 2.27. The van der Waals surface area contributed by atoms with Gasteiger partial charge in [-0.3, -0.25) is 4.79 Å². The molecule has 0 aliphatic rings. The second-order valence-electron chi connectivity index (χ2n) is 3.76. The van der Waals surface area contributed by atoms with Gasteiger partial charge in [0.25, 0.3) is 0 Å². The van der Waals surface area contributed by atoms with Crippen LogP contribution in [0.25, 0.3) is 0 Å². The molecule has 92 valence electrons. The van der Waals surface area contributed by atoms with Crippen LogP contribution < -0.4 is 4.74 Å². The smallest absolute Gasteiger partial charge is 0.196 e. The van der Waals surface area contributed by atoms with Crippen molar-refractivity contribution >= 4 is 17.5 Å². The summed E-state index contributed by atoms with van der Waals surface area (Å²) in [5.41, 5.74) is 1.27. The molecule has 0 atom stereocenters. The lowest BCUT2D eigenvalue weighted by Crippen LogP contribution is -2.03. The Morgan fingerprint density at radius 2 is 1.83 bits per heavy atom. The average molecular weight is 258 g/mol. The zero-order valence-corrected chi connectivity index (χ0v) is 11.2. The van der Waals surface area contributed by atoms with Crippen LogP contribution in [0.15, 0.2) is 53.4 Å². The van der Waals surface area contributed by atoms with Crippen molar-refractivity contribution in [3.63, 3.8) is 0 Å². The van der Waals surface area contributed by atoms with E-state index < -0.39 is 0 Å². The molecule has 0 heterocycles. The van der Waals surface area contributed by atoms with Crippen LogP contribution in [-0.2, 0) is 0 Å². The Bertz CT molecular complexity index is 550. The molecule has 0 radical (unpaired) electrons. The van der Waals surface area contributed by atoms with Gasteiger partial charge in [-0.15, -0.1) is 11.8 Å². The number of carbonyl (C=O) groups excluding carboxylic acids is 1. The Kier molecular flexibility index (Phi) is 4.05. The molecule has 0 saturated carbocycles. The number of carbonyl (C=O) groups is 1. The molecule has 0 aromatic heterocycles. The molecule has 2 aromatic carbocycles. The predicted molar refractivity (Wildman–Crippen MR) is 74.6 cm³/mol. The van der Waals surface area contributed by atoms with Gasteiger partial charge in [0.05, 0.1) is 12.7 Å². The molecule has 0 N–H and O–H groups in total. The van der Waals surface area contributed by atoms with Gasteiger partial charge in [0.1, 0.15) is 5.75 Å². The van der Waals surface area contributed by atoms with E-state index in [4.69, 9.17) is 4.74 Å². The maximum atomic E-state index is 12.3. The number of ketones is 1. The van der Waals surface area contributed by atoms with Crippen molar-refractivity contribution in [1.82, 2.24) is 0 Å². The van der Waals surface area contributed by atoms with E-state index in [0.29, 0.717) is 16.9 Å². The second-order valence-corrected chi connectivity index (χ2v) is 4.64. The minimum atomic E-state index is -0.0138. The molecule has 2 aromatic rings.